The van der Waals surface area contributed by atoms with Gasteiger partial charge in [-0.2, -0.15) is 9.97 Å². The monoisotopic (exact) mass is 515 g/mol. The number of anilines is 2. The lowest BCUT2D eigenvalue weighted by atomic mass is 9.82. The number of benzene rings is 1. The van der Waals surface area contributed by atoms with Gasteiger partial charge in [0, 0.05) is 32.2 Å². The van der Waals surface area contributed by atoms with Gasteiger partial charge in [0.25, 0.3) is 6.43 Å². The van der Waals surface area contributed by atoms with Crippen molar-refractivity contribution in [2.75, 3.05) is 49.6 Å². The van der Waals surface area contributed by atoms with E-state index in [1.54, 1.807) is 30.3 Å². The zero-order valence-electron chi connectivity index (χ0n) is 20.4. The number of fused-ring (bicyclic) bond motifs is 1. The van der Waals surface area contributed by atoms with Gasteiger partial charge in [0.2, 0.25) is 5.95 Å². The zero-order valence-corrected chi connectivity index (χ0v) is 20.4. The van der Waals surface area contributed by atoms with Crippen LogP contribution in [0.4, 0.5) is 25.3 Å². The van der Waals surface area contributed by atoms with Gasteiger partial charge in [0.15, 0.2) is 5.82 Å². The summed E-state index contributed by atoms with van der Waals surface area (Å²) < 4.78 is 34.9. The molecule has 3 heterocycles. The number of nitrogens with zero attached hydrogens (tertiary/aromatic N) is 5. The molecule has 2 aliphatic rings. The molecule has 2 aromatic heterocycles. The zero-order chi connectivity index (χ0) is 25.8. The van der Waals surface area contributed by atoms with Crippen LogP contribution in [0.5, 0.6) is 0 Å². The molecule has 37 heavy (non-hydrogen) atoms. The molecule has 12 heteroatoms. The average Bonchev–Trinajstić information content (AvgIpc) is 3.32. The fourth-order valence-corrected chi connectivity index (χ4v) is 5.11. The van der Waals surface area contributed by atoms with E-state index in [1.165, 1.54) is 4.57 Å². The van der Waals surface area contributed by atoms with Crippen molar-refractivity contribution in [3.8, 4) is 5.82 Å². The Morgan fingerprint density at radius 1 is 1.03 bits per heavy atom. The van der Waals surface area contributed by atoms with E-state index in [1.807, 2.05) is 0 Å². The Morgan fingerprint density at radius 2 is 1.70 bits per heavy atom. The minimum Gasteiger partial charge on any atom is -0.465 e. The van der Waals surface area contributed by atoms with Crippen molar-refractivity contribution in [1.82, 2.24) is 24.8 Å². The second kappa shape index (κ2) is 11.2. The third-order valence-electron chi connectivity index (χ3n) is 7.10. The number of hydrogen-bond acceptors (Lipinski definition) is 7. The fraction of sp³-hybridized carbons (Fsp3) is 0.520. The highest BCUT2D eigenvalue weighted by Crippen LogP contribution is 2.31. The summed E-state index contributed by atoms with van der Waals surface area (Å²) in [4.78, 5) is 26.4. The van der Waals surface area contributed by atoms with Gasteiger partial charge in [0.1, 0.15) is 11.6 Å². The highest BCUT2D eigenvalue weighted by molar-refractivity contribution is 5.78. The summed E-state index contributed by atoms with van der Waals surface area (Å²) in [6, 6.07) is 8.77. The van der Waals surface area contributed by atoms with E-state index < -0.39 is 12.5 Å². The van der Waals surface area contributed by atoms with Crippen LogP contribution >= 0.6 is 0 Å². The maximum atomic E-state index is 14.0. The number of nitrogens with one attached hydrogen (secondary N) is 2. The molecule has 1 aliphatic heterocycles. The molecule has 5 rings (SSSR count). The molecule has 198 valence electrons. The lowest BCUT2D eigenvalue weighted by Gasteiger charge is -2.29. The first-order valence-corrected chi connectivity index (χ1v) is 12.7. The molecule has 1 aliphatic carbocycles. The summed E-state index contributed by atoms with van der Waals surface area (Å²) in [5.41, 5.74) is 1.04. The Hall–Kier alpha value is -3.54. The second-order valence-corrected chi connectivity index (χ2v) is 9.56. The summed E-state index contributed by atoms with van der Waals surface area (Å²) in [7, 11) is 0. The Balaban J connectivity index is 1.39. The van der Waals surface area contributed by atoms with Crippen LogP contribution in [-0.2, 0) is 4.74 Å². The quantitative estimate of drug-likeness (QED) is 0.411. The maximum Gasteiger partial charge on any atom is 0.404 e. The molecule has 0 unspecified atom stereocenters. The van der Waals surface area contributed by atoms with Gasteiger partial charge in [-0.25, -0.2) is 18.6 Å². The number of amides is 1. The predicted molar refractivity (Wildman–Crippen MR) is 135 cm³/mol. The summed E-state index contributed by atoms with van der Waals surface area (Å²) in [6.45, 7) is 3.57. The predicted octanol–water partition coefficient (Wildman–Crippen LogP) is 4.08. The van der Waals surface area contributed by atoms with Crippen LogP contribution in [-0.4, -0.2) is 70.1 Å². The minimum atomic E-state index is -2.77. The van der Waals surface area contributed by atoms with E-state index >= 15 is 0 Å². The van der Waals surface area contributed by atoms with Crippen molar-refractivity contribution in [2.24, 2.45) is 11.8 Å². The Bertz CT molecular complexity index is 1220. The lowest BCUT2D eigenvalue weighted by Crippen LogP contribution is -2.37. The molecule has 1 saturated carbocycles. The van der Waals surface area contributed by atoms with Crippen molar-refractivity contribution >= 4 is 28.9 Å². The third kappa shape index (κ3) is 5.90. The van der Waals surface area contributed by atoms with E-state index in [2.05, 4.69) is 25.5 Å². The molecule has 1 amide bonds. The van der Waals surface area contributed by atoms with Gasteiger partial charge in [-0.1, -0.05) is 12.1 Å². The highest BCUT2D eigenvalue weighted by atomic mass is 19.3. The van der Waals surface area contributed by atoms with Gasteiger partial charge in [-0.05, 0) is 49.7 Å². The van der Waals surface area contributed by atoms with Gasteiger partial charge < -0.3 is 25.4 Å². The highest BCUT2D eigenvalue weighted by Gasteiger charge is 2.25. The Labute approximate surface area is 213 Å². The molecular weight excluding hydrogens is 484 g/mol. The molecule has 10 nitrogen and oxygen atoms in total. The SMILES string of the molecule is O=C(O)NCC1CCC(CNc2nc(N3CCOCC3)cc(-n3c(C(F)F)nc4ccccc43)n2)CC1. The van der Waals surface area contributed by atoms with E-state index in [-0.39, 0.29) is 5.82 Å². The van der Waals surface area contributed by atoms with E-state index in [0.29, 0.717) is 79.8 Å². The van der Waals surface area contributed by atoms with Gasteiger partial charge >= 0.3 is 6.09 Å². The first-order valence-electron chi connectivity index (χ1n) is 12.7. The number of ether oxygens (including phenoxy) is 1. The summed E-state index contributed by atoms with van der Waals surface area (Å²) >= 11 is 0. The molecule has 1 saturated heterocycles. The van der Waals surface area contributed by atoms with Crippen LogP contribution < -0.4 is 15.5 Å². The van der Waals surface area contributed by atoms with E-state index in [0.717, 1.165) is 25.7 Å². The molecule has 1 aromatic carbocycles. The first kappa shape index (κ1) is 25.1. The first-order chi connectivity index (χ1) is 18.0. The summed E-state index contributed by atoms with van der Waals surface area (Å²) in [6.07, 6.45) is 0.0817. The Kier molecular flexibility index (Phi) is 7.63. The normalized spacial score (nSPS) is 20.4. The fourth-order valence-electron chi connectivity index (χ4n) is 5.11. The van der Waals surface area contributed by atoms with Crippen LogP contribution in [0.3, 0.4) is 0 Å². The van der Waals surface area contributed by atoms with Crippen molar-refractivity contribution < 1.29 is 23.4 Å². The Morgan fingerprint density at radius 3 is 2.41 bits per heavy atom. The van der Waals surface area contributed by atoms with Gasteiger partial charge in [-0.3, -0.25) is 4.57 Å². The van der Waals surface area contributed by atoms with Crippen molar-refractivity contribution in [3.63, 3.8) is 0 Å². The smallest absolute Gasteiger partial charge is 0.404 e. The number of imidazole rings is 1. The molecule has 0 bridgehead atoms. The standard InChI is InChI=1S/C25H31F2N7O3/c26-22(27)23-30-18-3-1-2-4-19(18)34(23)21-13-20(33-9-11-37-12-10-33)31-24(32-21)28-14-16-5-7-17(8-6-16)15-29-25(35)36/h1-4,13,16-17,22,29H,5-12,14-15H2,(H,35,36)(H,28,31,32). The van der Waals surface area contributed by atoms with Crippen LogP contribution in [0.1, 0.15) is 37.9 Å². The molecular formula is C25H31F2N7O3. The van der Waals surface area contributed by atoms with Crippen LogP contribution in [0, 0.1) is 11.8 Å². The van der Waals surface area contributed by atoms with Crippen molar-refractivity contribution in [1.29, 1.82) is 0 Å². The van der Waals surface area contributed by atoms with E-state index in [4.69, 9.17) is 14.8 Å². The summed E-state index contributed by atoms with van der Waals surface area (Å²) in [5.74, 6) is 1.76. The van der Waals surface area contributed by atoms with Crippen LogP contribution in [0.25, 0.3) is 16.9 Å². The maximum absolute atomic E-state index is 14.0. The largest absolute Gasteiger partial charge is 0.465 e. The molecule has 0 spiro atoms. The van der Waals surface area contributed by atoms with Gasteiger partial charge in [-0.15, -0.1) is 0 Å². The van der Waals surface area contributed by atoms with Crippen molar-refractivity contribution in [3.05, 3.63) is 36.2 Å². The number of hydrogen-bond donors (Lipinski definition) is 3. The van der Waals surface area contributed by atoms with Gasteiger partial charge in [0.05, 0.1) is 24.2 Å². The number of rotatable bonds is 8. The molecule has 2 fully saturated rings. The number of halogens is 2. The molecule has 3 aromatic rings. The topological polar surface area (TPSA) is 117 Å². The lowest BCUT2D eigenvalue weighted by molar-refractivity contribution is 0.122. The number of para-hydroxylation sites is 2. The van der Waals surface area contributed by atoms with Crippen LogP contribution in [0.15, 0.2) is 30.3 Å². The number of morpholine rings is 1. The molecule has 0 radical (unpaired) electrons. The molecule has 3 N–H and O–H groups in total. The average molecular weight is 516 g/mol. The molecule has 0 atom stereocenters. The summed E-state index contributed by atoms with van der Waals surface area (Å²) in [5, 5.41) is 14.7. The number of alkyl halides is 2. The van der Waals surface area contributed by atoms with E-state index in [9.17, 15) is 13.6 Å². The third-order valence-corrected chi connectivity index (χ3v) is 7.10. The van der Waals surface area contributed by atoms with Crippen molar-refractivity contribution in [2.45, 2.75) is 32.1 Å². The number of aromatic nitrogens is 4. The van der Waals surface area contributed by atoms with Crippen LogP contribution in [0.2, 0.25) is 0 Å². The number of carboxylic acid groups (broad SMARTS) is 1. The minimum absolute atomic E-state index is 0.339. The number of carbonyl (C=O) groups is 1. The second-order valence-electron chi connectivity index (χ2n) is 9.56.